The van der Waals surface area contributed by atoms with Crippen molar-refractivity contribution in [2.75, 3.05) is 0 Å². The monoisotopic (exact) mass is 370 g/mol. The number of benzene rings is 2. The maximum atomic E-state index is 13.8. The summed E-state index contributed by atoms with van der Waals surface area (Å²) in [6.45, 7) is 1.73. The second-order valence-corrected chi connectivity index (χ2v) is 6.04. The fourth-order valence-corrected chi connectivity index (χ4v) is 2.78. The predicted molar refractivity (Wildman–Crippen MR) is 92.0 cm³/mol. The lowest BCUT2D eigenvalue weighted by Crippen LogP contribution is -1.92. The first kappa shape index (κ1) is 16.4. The standard InChI is InChI=1S/C18H12ClFN4O2/c1-10-21-17(25-23-10)12-7-6-11(8-14(12)19)9-16-22-18(26-24-16)13-4-2-3-5-15(13)20/h2-8H,9H2,1H3. The Labute approximate surface area is 152 Å². The molecule has 0 radical (unpaired) electrons. The fraction of sp³-hybridized carbons (Fsp3) is 0.111. The summed E-state index contributed by atoms with van der Waals surface area (Å²) >= 11 is 6.32. The summed E-state index contributed by atoms with van der Waals surface area (Å²) in [5.74, 6) is 1.06. The highest BCUT2D eigenvalue weighted by molar-refractivity contribution is 6.33. The number of aromatic nitrogens is 4. The number of hydrogen-bond donors (Lipinski definition) is 0. The largest absolute Gasteiger partial charge is 0.334 e. The third-order valence-electron chi connectivity index (χ3n) is 3.73. The van der Waals surface area contributed by atoms with Gasteiger partial charge in [-0.2, -0.15) is 9.97 Å². The minimum Gasteiger partial charge on any atom is -0.334 e. The van der Waals surface area contributed by atoms with Crippen LogP contribution in [0.1, 0.15) is 17.2 Å². The Morgan fingerprint density at radius 2 is 1.73 bits per heavy atom. The van der Waals surface area contributed by atoms with E-state index in [2.05, 4.69) is 20.3 Å². The topological polar surface area (TPSA) is 77.8 Å². The summed E-state index contributed by atoms with van der Waals surface area (Å²) in [5.41, 5.74) is 1.79. The molecule has 0 bridgehead atoms. The summed E-state index contributed by atoms with van der Waals surface area (Å²) in [5, 5.41) is 8.14. The highest BCUT2D eigenvalue weighted by Gasteiger charge is 2.15. The second kappa shape index (κ2) is 6.68. The van der Waals surface area contributed by atoms with Crippen molar-refractivity contribution in [3.63, 3.8) is 0 Å². The van der Waals surface area contributed by atoms with E-state index in [4.69, 9.17) is 20.6 Å². The molecule has 0 spiro atoms. The van der Waals surface area contributed by atoms with Gasteiger partial charge >= 0.3 is 0 Å². The van der Waals surface area contributed by atoms with E-state index in [1.165, 1.54) is 6.07 Å². The molecule has 0 saturated carbocycles. The Kier molecular flexibility index (Phi) is 4.22. The zero-order chi connectivity index (χ0) is 18.1. The molecule has 0 atom stereocenters. The van der Waals surface area contributed by atoms with Gasteiger partial charge in [0.25, 0.3) is 11.8 Å². The van der Waals surface area contributed by atoms with Gasteiger partial charge in [-0.1, -0.05) is 40.1 Å². The van der Waals surface area contributed by atoms with E-state index >= 15 is 0 Å². The van der Waals surface area contributed by atoms with E-state index in [-0.39, 0.29) is 11.5 Å². The van der Waals surface area contributed by atoms with Gasteiger partial charge < -0.3 is 9.05 Å². The van der Waals surface area contributed by atoms with E-state index in [0.717, 1.165) is 5.56 Å². The zero-order valence-electron chi connectivity index (χ0n) is 13.6. The predicted octanol–water partition coefficient (Wildman–Crippen LogP) is 4.48. The molecule has 8 heteroatoms. The third kappa shape index (κ3) is 3.21. The molecule has 4 aromatic rings. The van der Waals surface area contributed by atoms with Crippen molar-refractivity contribution in [1.82, 2.24) is 20.3 Å². The molecule has 130 valence electrons. The molecule has 0 saturated heterocycles. The van der Waals surface area contributed by atoms with Gasteiger partial charge in [0.1, 0.15) is 5.82 Å². The Morgan fingerprint density at radius 3 is 2.46 bits per heavy atom. The fourth-order valence-electron chi connectivity index (χ4n) is 2.50. The van der Waals surface area contributed by atoms with E-state index in [1.54, 1.807) is 37.3 Å². The molecule has 2 aromatic carbocycles. The van der Waals surface area contributed by atoms with Crippen molar-refractivity contribution in [1.29, 1.82) is 0 Å². The summed E-state index contributed by atoms with van der Waals surface area (Å²) in [6.07, 6.45) is 0.390. The molecule has 4 rings (SSSR count). The molecule has 2 aromatic heterocycles. The zero-order valence-corrected chi connectivity index (χ0v) is 14.4. The normalized spacial score (nSPS) is 11.0. The minimum atomic E-state index is -0.412. The maximum absolute atomic E-state index is 13.8. The number of nitrogens with zero attached hydrogens (tertiary/aromatic N) is 4. The molecule has 0 fully saturated rings. The summed E-state index contributed by atoms with van der Waals surface area (Å²) in [4.78, 5) is 8.41. The quantitative estimate of drug-likeness (QED) is 0.527. The molecule has 0 aliphatic rings. The van der Waals surface area contributed by atoms with Crippen LogP contribution in [0.2, 0.25) is 5.02 Å². The van der Waals surface area contributed by atoms with E-state index in [0.29, 0.717) is 34.5 Å². The van der Waals surface area contributed by atoms with Crippen LogP contribution in [-0.2, 0) is 6.42 Å². The van der Waals surface area contributed by atoms with Gasteiger partial charge in [0.15, 0.2) is 11.6 Å². The molecule has 6 nitrogen and oxygen atoms in total. The van der Waals surface area contributed by atoms with Crippen molar-refractivity contribution >= 4 is 11.6 Å². The van der Waals surface area contributed by atoms with Crippen LogP contribution in [-0.4, -0.2) is 20.3 Å². The molecule has 2 heterocycles. The van der Waals surface area contributed by atoms with Crippen molar-refractivity contribution in [3.8, 4) is 22.9 Å². The lowest BCUT2D eigenvalue weighted by atomic mass is 10.1. The molecular formula is C18H12ClFN4O2. The van der Waals surface area contributed by atoms with Crippen LogP contribution in [0.4, 0.5) is 4.39 Å². The van der Waals surface area contributed by atoms with Gasteiger partial charge in [0.05, 0.1) is 16.1 Å². The average Bonchev–Trinajstić information content (AvgIpc) is 3.25. The Morgan fingerprint density at radius 1 is 0.962 bits per heavy atom. The summed E-state index contributed by atoms with van der Waals surface area (Å²) < 4.78 is 24.1. The van der Waals surface area contributed by atoms with Crippen LogP contribution in [0.5, 0.6) is 0 Å². The Balaban J connectivity index is 1.57. The van der Waals surface area contributed by atoms with E-state index in [1.807, 2.05) is 6.07 Å². The SMILES string of the molecule is Cc1noc(-c2ccc(Cc3noc(-c4ccccc4F)n3)cc2Cl)n1. The molecule has 0 N–H and O–H groups in total. The maximum Gasteiger partial charge on any atom is 0.260 e. The highest BCUT2D eigenvalue weighted by Crippen LogP contribution is 2.28. The molecule has 0 amide bonds. The smallest absolute Gasteiger partial charge is 0.260 e. The van der Waals surface area contributed by atoms with Gasteiger partial charge in [-0.05, 0) is 36.8 Å². The third-order valence-corrected chi connectivity index (χ3v) is 4.04. The first-order valence-corrected chi connectivity index (χ1v) is 8.14. The highest BCUT2D eigenvalue weighted by atomic mass is 35.5. The molecule has 0 unspecified atom stereocenters. The van der Waals surface area contributed by atoms with Crippen LogP contribution in [0.25, 0.3) is 22.9 Å². The van der Waals surface area contributed by atoms with Crippen LogP contribution in [0, 0.1) is 12.7 Å². The van der Waals surface area contributed by atoms with Crippen LogP contribution >= 0.6 is 11.6 Å². The van der Waals surface area contributed by atoms with Gasteiger partial charge in [0.2, 0.25) is 0 Å². The summed E-state index contributed by atoms with van der Waals surface area (Å²) in [6, 6.07) is 11.7. The van der Waals surface area contributed by atoms with Gasteiger partial charge in [-0.3, -0.25) is 0 Å². The minimum absolute atomic E-state index is 0.141. The van der Waals surface area contributed by atoms with E-state index < -0.39 is 5.82 Å². The Hall–Kier alpha value is -3.06. The van der Waals surface area contributed by atoms with Crippen molar-refractivity contribution in [3.05, 3.63) is 70.5 Å². The lowest BCUT2D eigenvalue weighted by molar-refractivity contribution is 0.421. The molecule has 0 aliphatic carbocycles. The molecule has 26 heavy (non-hydrogen) atoms. The van der Waals surface area contributed by atoms with Gasteiger partial charge in [-0.15, -0.1) is 0 Å². The first-order chi connectivity index (χ1) is 12.6. The number of rotatable bonds is 4. The number of hydrogen-bond acceptors (Lipinski definition) is 6. The second-order valence-electron chi connectivity index (χ2n) is 5.63. The van der Waals surface area contributed by atoms with Crippen molar-refractivity contribution < 1.29 is 13.4 Å². The van der Waals surface area contributed by atoms with Crippen LogP contribution < -0.4 is 0 Å². The van der Waals surface area contributed by atoms with Gasteiger partial charge in [0, 0.05) is 6.42 Å². The van der Waals surface area contributed by atoms with Crippen LogP contribution in [0.15, 0.2) is 51.5 Å². The van der Waals surface area contributed by atoms with Crippen molar-refractivity contribution in [2.45, 2.75) is 13.3 Å². The summed E-state index contributed by atoms with van der Waals surface area (Å²) in [7, 11) is 0. The number of halogens is 2. The Bertz CT molecular complexity index is 1080. The first-order valence-electron chi connectivity index (χ1n) is 7.77. The number of aryl methyl sites for hydroxylation is 1. The molecule has 0 aliphatic heterocycles. The van der Waals surface area contributed by atoms with Crippen LogP contribution in [0.3, 0.4) is 0 Å². The van der Waals surface area contributed by atoms with Gasteiger partial charge in [-0.25, -0.2) is 4.39 Å². The van der Waals surface area contributed by atoms with Crippen molar-refractivity contribution in [2.24, 2.45) is 0 Å². The average molecular weight is 371 g/mol. The molecular weight excluding hydrogens is 359 g/mol. The lowest BCUT2D eigenvalue weighted by Gasteiger charge is -2.02. The van der Waals surface area contributed by atoms with E-state index in [9.17, 15) is 4.39 Å².